The lowest BCUT2D eigenvalue weighted by Crippen LogP contribution is -2.34. The van der Waals surface area contributed by atoms with Crippen molar-refractivity contribution in [3.63, 3.8) is 0 Å². The fraction of sp³-hybridized carbons (Fsp3) is 0.318. The van der Waals surface area contributed by atoms with E-state index in [0.29, 0.717) is 23.4 Å². The first-order valence-electron chi connectivity index (χ1n) is 19.0. The summed E-state index contributed by atoms with van der Waals surface area (Å²) in [4.78, 5) is 66.7. The number of hydrogen-bond donors (Lipinski definition) is 2. The lowest BCUT2D eigenvalue weighted by atomic mass is 10.1. The second kappa shape index (κ2) is 19.1. The van der Waals surface area contributed by atoms with E-state index in [1.165, 1.54) is 23.5 Å². The zero-order valence-electron chi connectivity index (χ0n) is 32.3. The Balaban J connectivity index is 1.05. The van der Waals surface area contributed by atoms with Crippen molar-refractivity contribution in [2.75, 3.05) is 23.7 Å². The monoisotopic (exact) mass is 788 g/mol. The van der Waals surface area contributed by atoms with E-state index in [1.54, 1.807) is 9.80 Å². The number of aryl methyl sites for hydroxylation is 4. The minimum atomic E-state index is -0.570. The van der Waals surface area contributed by atoms with Crippen LogP contribution in [0.2, 0.25) is 0 Å². The molecule has 4 aromatic carbocycles. The van der Waals surface area contributed by atoms with Gasteiger partial charge in [-0.2, -0.15) is 0 Å². The molecule has 2 fully saturated rings. The van der Waals surface area contributed by atoms with Crippen molar-refractivity contribution < 1.29 is 19.2 Å². The van der Waals surface area contributed by atoms with Crippen molar-refractivity contribution >= 4 is 80.2 Å². The van der Waals surface area contributed by atoms with Crippen LogP contribution in [0.3, 0.4) is 0 Å². The van der Waals surface area contributed by atoms with Gasteiger partial charge in [-0.25, -0.2) is 9.98 Å². The van der Waals surface area contributed by atoms with Crippen LogP contribution in [0.5, 0.6) is 0 Å². The number of para-hydroxylation sites is 2. The van der Waals surface area contributed by atoms with E-state index < -0.39 is 10.5 Å². The van der Waals surface area contributed by atoms with E-state index >= 15 is 0 Å². The highest BCUT2D eigenvalue weighted by Crippen LogP contribution is 2.34. The van der Waals surface area contributed by atoms with Crippen LogP contribution in [0.1, 0.15) is 60.8 Å². The van der Waals surface area contributed by atoms with Crippen molar-refractivity contribution in [1.29, 1.82) is 0 Å². The molecule has 2 atom stereocenters. The lowest BCUT2D eigenvalue weighted by molar-refractivity contribution is -0.128. The van der Waals surface area contributed by atoms with Gasteiger partial charge in [0.1, 0.15) is 10.5 Å². The maximum absolute atomic E-state index is 13.7. The van der Waals surface area contributed by atoms with E-state index in [-0.39, 0.29) is 36.5 Å². The van der Waals surface area contributed by atoms with Crippen LogP contribution in [0.15, 0.2) is 107 Å². The minimum Gasteiger partial charge on any atom is -0.326 e. The SMILES string of the molecule is Cc1ccc(C)c(NC(=O)C[C@H]2SC(=Nc3ccccc3)N(CCCCCCN3C(=O)[C@@H](CC(=O)Nc4cc(C)ccc4C)SC3=Nc3ccccc3)C2=O)c1. The average Bonchev–Trinajstić information content (AvgIpc) is 3.62. The summed E-state index contributed by atoms with van der Waals surface area (Å²) in [5.74, 6) is -0.649. The van der Waals surface area contributed by atoms with E-state index in [1.807, 2.05) is 125 Å². The summed E-state index contributed by atoms with van der Waals surface area (Å²) in [5, 5.41) is 6.04. The van der Waals surface area contributed by atoms with Crippen molar-refractivity contribution in [2.45, 2.75) is 76.7 Å². The molecular formula is C44H48N6O4S2. The molecule has 12 heteroatoms. The summed E-state index contributed by atoms with van der Waals surface area (Å²) in [5.41, 5.74) is 7.02. The van der Waals surface area contributed by atoms with Gasteiger partial charge in [0.2, 0.25) is 23.6 Å². The molecule has 10 nitrogen and oxygen atoms in total. The van der Waals surface area contributed by atoms with Crippen LogP contribution in [0.25, 0.3) is 0 Å². The fourth-order valence-electron chi connectivity index (χ4n) is 6.46. The summed E-state index contributed by atoms with van der Waals surface area (Å²) in [7, 11) is 0. The molecule has 6 rings (SSSR count). The highest BCUT2D eigenvalue weighted by atomic mass is 32.2. The molecule has 0 aromatic heterocycles. The zero-order chi connectivity index (χ0) is 39.6. The number of nitrogens with one attached hydrogen (secondary N) is 2. The Morgan fingerprint density at radius 3 is 1.36 bits per heavy atom. The maximum Gasteiger partial charge on any atom is 0.242 e. The molecule has 290 valence electrons. The number of carbonyl (C=O) groups excluding carboxylic acids is 4. The summed E-state index contributed by atoms with van der Waals surface area (Å²) >= 11 is 2.67. The molecule has 4 aromatic rings. The molecule has 2 aliphatic heterocycles. The topological polar surface area (TPSA) is 124 Å². The Morgan fingerprint density at radius 1 is 0.571 bits per heavy atom. The van der Waals surface area contributed by atoms with Gasteiger partial charge in [-0.15, -0.1) is 0 Å². The van der Waals surface area contributed by atoms with Gasteiger partial charge in [0.15, 0.2) is 10.3 Å². The first kappa shape index (κ1) is 40.5. The number of aliphatic imine (C=N–C) groups is 2. The summed E-state index contributed by atoms with van der Waals surface area (Å²) in [6, 6.07) is 30.9. The Hall–Kier alpha value is -5.20. The Kier molecular flexibility index (Phi) is 13.8. The molecule has 2 saturated heterocycles. The molecule has 2 N–H and O–H groups in total. The van der Waals surface area contributed by atoms with Crippen molar-refractivity contribution in [2.24, 2.45) is 9.98 Å². The first-order valence-corrected chi connectivity index (χ1v) is 20.8. The van der Waals surface area contributed by atoms with Crippen molar-refractivity contribution in [3.8, 4) is 0 Å². The van der Waals surface area contributed by atoms with E-state index in [4.69, 9.17) is 9.98 Å². The largest absolute Gasteiger partial charge is 0.326 e. The van der Waals surface area contributed by atoms with Crippen LogP contribution in [-0.4, -0.2) is 67.4 Å². The molecule has 0 radical (unpaired) electrons. The molecule has 2 aliphatic rings. The van der Waals surface area contributed by atoms with Gasteiger partial charge >= 0.3 is 0 Å². The molecule has 56 heavy (non-hydrogen) atoms. The van der Waals surface area contributed by atoms with Crippen LogP contribution >= 0.6 is 23.5 Å². The van der Waals surface area contributed by atoms with Crippen molar-refractivity contribution in [3.05, 3.63) is 119 Å². The standard InChI is InChI=1S/C44H48N6O4S2/c1-29-19-21-31(3)35(25-29)47-39(51)27-37-41(53)49(43(55-37)45-33-15-9-7-10-16-33)23-13-5-6-14-24-50-42(54)38(56-44(50)46-34-17-11-8-12-18-34)28-40(52)48-36-26-30(2)20-22-32(36)4/h7-12,15-22,25-26,37-38H,5-6,13-14,23-24,27-28H2,1-4H3,(H,47,51)(H,48,52)/t37-,38-/m1/s1. The van der Waals surface area contributed by atoms with Gasteiger partial charge in [0, 0.05) is 37.3 Å². The molecule has 0 unspecified atom stereocenters. The summed E-state index contributed by atoms with van der Waals surface area (Å²) in [6.07, 6.45) is 3.21. The number of rotatable bonds is 15. The van der Waals surface area contributed by atoms with E-state index in [0.717, 1.165) is 70.7 Å². The van der Waals surface area contributed by atoms with Crippen LogP contribution in [-0.2, 0) is 19.2 Å². The Bertz CT molecular complexity index is 1970. The summed E-state index contributed by atoms with van der Waals surface area (Å²) < 4.78 is 0. The number of nitrogens with zero attached hydrogens (tertiary/aromatic N) is 4. The predicted molar refractivity (Wildman–Crippen MR) is 230 cm³/mol. The van der Waals surface area contributed by atoms with Gasteiger partial charge in [-0.05, 0) is 99.2 Å². The van der Waals surface area contributed by atoms with Gasteiger partial charge in [-0.1, -0.05) is 97.0 Å². The minimum absolute atomic E-state index is 0.0458. The van der Waals surface area contributed by atoms with Crippen LogP contribution in [0, 0.1) is 27.7 Å². The average molecular weight is 789 g/mol. The molecule has 4 amide bonds. The van der Waals surface area contributed by atoms with Gasteiger partial charge in [0.05, 0.1) is 11.4 Å². The molecule has 0 saturated carbocycles. The third kappa shape index (κ3) is 10.8. The predicted octanol–water partition coefficient (Wildman–Crippen LogP) is 9.10. The van der Waals surface area contributed by atoms with E-state index in [9.17, 15) is 19.2 Å². The number of unbranched alkanes of at least 4 members (excludes halogenated alkanes) is 3. The number of hydrogen-bond acceptors (Lipinski definition) is 8. The third-order valence-electron chi connectivity index (χ3n) is 9.59. The number of amides is 4. The number of thioether (sulfide) groups is 2. The lowest BCUT2D eigenvalue weighted by Gasteiger charge is -2.18. The second-order valence-corrected chi connectivity index (χ2v) is 16.5. The normalized spacial score (nSPS) is 18.3. The number of carbonyl (C=O) groups is 4. The highest BCUT2D eigenvalue weighted by molar-refractivity contribution is 8.15. The maximum atomic E-state index is 13.7. The quantitative estimate of drug-likeness (QED) is 0.116. The zero-order valence-corrected chi connectivity index (χ0v) is 33.9. The second-order valence-electron chi connectivity index (χ2n) is 14.2. The molecule has 0 aliphatic carbocycles. The summed E-state index contributed by atoms with van der Waals surface area (Å²) in [6.45, 7) is 8.80. The smallest absolute Gasteiger partial charge is 0.242 e. The number of anilines is 2. The number of amidine groups is 2. The molecular weight excluding hydrogens is 741 g/mol. The van der Waals surface area contributed by atoms with Crippen LogP contribution in [0.4, 0.5) is 22.7 Å². The first-order chi connectivity index (χ1) is 27.0. The third-order valence-corrected chi connectivity index (χ3v) is 11.9. The van der Waals surface area contributed by atoms with Crippen molar-refractivity contribution in [1.82, 2.24) is 9.80 Å². The van der Waals surface area contributed by atoms with Gasteiger partial charge < -0.3 is 10.6 Å². The molecule has 0 spiro atoms. The highest BCUT2D eigenvalue weighted by Gasteiger charge is 2.40. The fourth-order valence-corrected chi connectivity index (χ4v) is 8.83. The molecule has 0 bridgehead atoms. The van der Waals surface area contributed by atoms with E-state index in [2.05, 4.69) is 10.6 Å². The van der Waals surface area contributed by atoms with Gasteiger partial charge in [0.25, 0.3) is 0 Å². The Morgan fingerprint density at radius 2 is 0.964 bits per heavy atom. The number of benzene rings is 4. The van der Waals surface area contributed by atoms with Crippen LogP contribution < -0.4 is 10.6 Å². The Labute approximate surface area is 337 Å². The molecule has 2 heterocycles. The van der Waals surface area contributed by atoms with Gasteiger partial charge in [-0.3, -0.25) is 29.0 Å².